The van der Waals surface area contributed by atoms with Crippen LogP contribution in [0, 0.1) is 0 Å². The molecule has 0 atom stereocenters. The van der Waals surface area contributed by atoms with E-state index in [4.69, 9.17) is 44.2 Å². The molecule has 0 fully saturated rings. The Labute approximate surface area is 312 Å². The van der Waals surface area contributed by atoms with Gasteiger partial charge in [0.05, 0.1) is 0 Å². The van der Waals surface area contributed by atoms with E-state index < -0.39 is 14.2 Å². The Morgan fingerprint density at radius 3 is 1.56 bits per heavy atom. The van der Waals surface area contributed by atoms with Gasteiger partial charge >= 0.3 is 14.2 Å². The second-order valence-electron chi connectivity index (χ2n) is 10.4. The topological polar surface area (TPSA) is 158 Å². The molecule has 0 amide bonds. The first-order valence-electron chi connectivity index (χ1n) is 14.6. The summed E-state index contributed by atoms with van der Waals surface area (Å²) in [7, 11) is -2.76. The maximum atomic E-state index is 9.99. The van der Waals surface area contributed by atoms with E-state index in [1.54, 1.807) is 70.6 Å². The number of halogens is 2. The normalized spacial score (nSPS) is 11.6. The van der Waals surface area contributed by atoms with Gasteiger partial charge in [0.2, 0.25) is 13.6 Å². The zero-order chi connectivity index (χ0) is 35.6. The lowest BCUT2D eigenvalue weighted by Gasteiger charge is -2.07. The van der Waals surface area contributed by atoms with Crippen LogP contribution in [0.2, 0.25) is 0 Å². The van der Waals surface area contributed by atoms with Crippen LogP contribution >= 0.6 is 54.5 Å². The average molecular weight is 842 g/mol. The molecular weight excluding hydrogens is 814 g/mol. The highest BCUT2D eigenvalue weighted by Gasteiger charge is 2.18. The molecule has 0 saturated carbocycles. The molecule has 0 saturated heterocycles. The summed E-state index contributed by atoms with van der Waals surface area (Å²) < 4.78 is 22.6. The highest BCUT2D eigenvalue weighted by molar-refractivity contribution is 9.11. The molecule has 256 valence electrons. The standard InChI is InChI=1S/C17H12O3S.C7H7BO4.C6H4Br2O.C4H5BO2S/c18-15-6-13(5-14(7-15)12-3-4-21-9-12)11-1-2-16-17(8-11)20-10-19-16;9-8(10)5-1-2-6-7(3-5)12-4-11-6;7-4-1-5(8)3-6(9)2-4;6-5(7)4-1-2-8-3-4/h1-9,18H,10H2;1-3,9-10H,4H2;1-3,9H;1-3,6-7H. The number of hydrogen-bond donors (Lipinski definition) is 6. The van der Waals surface area contributed by atoms with Crippen molar-refractivity contribution in [1.82, 2.24) is 0 Å². The van der Waals surface area contributed by atoms with Gasteiger partial charge in [-0.1, -0.05) is 50.1 Å². The van der Waals surface area contributed by atoms with Gasteiger partial charge in [-0.2, -0.15) is 22.7 Å². The molecule has 2 aliphatic rings. The summed E-state index contributed by atoms with van der Waals surface area (Å²) in [6.07, 6.45) is 0. The Hall–Kier alpha value is -3.99. The first-order chi connectivity index (χ1) is 24.0. The summed E-state index contributed by atoms with van der Waals surface area (Å²) in [5, 5.41) is 61.1. The van der Waals surface area contributed by atoms with Crippen molar-refractivity contribution in [1.29, 1.82) is 0 Å². The smallest absolute Gasteiger partial charge is 0.489 e. The first-order valence-corrected chi connectivity index (χ1v) is 18.1. The van der Waals surface area contributed by atoms with Crippen molar-refractivity contribution in [2.45, 2.75) is 0 Å². The summed E-state index contributed by atoms with van der Waals surface area (Å²) in [6, 6.07) is 25.0. The fraction of sp³-hybridized carbons (Fsp3) is 0.0588. The summed E-state index contributed by atoms with van der Waals surface area (Å²) in [5.41, 5.74) is 5.03. The molecule has 4 aromatic carbocycles. The Morgan fingerprint density at radius 2 is 1.02 bits per heavy atom. The van der Waals surface area contributed by atoms with Crippen LogP contribution in [0.1, 0.15) is 0 Å². The maximum Gasteiger partial charge on any atom is 0.489 e. The third kappa shape index (κ3) is 10.5. The predicted molar refractivity (Wildman–Crippen MR) is 203 cm³/mol. The van der Waals surface area contributed by atoms with Crippen molar-refractivity contribution in [3.8, 4) is 56.8 Å². The highest BCUT2D eigenvalue weighted by Crippen LogP contribution is 2.38. The molecule has 0 unspecified atom stereocenters. The average Bonchev–Trinajstić information content (AvgIpc) is 3.91. The molecule has 4 heterocycles. The van der Waals surface area contributed by atoms with Gasteiger partial charge in [0.15, 0.2) is 23.0 Å². The van der Waals surface area contributed by atoms with Gasteiger partial charge in [-0.25, -0.2) is 0 Å². The quantitative estimate of drug-likeness (QED) is 0.117. The molecule has 0 radical (unpaired) electrons. The van der Waals surface area contributed by atoms with Crippen molar-refractivity contribution in [2.24, 2.45) is 0 Å². The van der Waals surface area contributed by atoms with Crippen LogP contribution in [0.5, 0.6) is 34.5 Å². The van der Waals surface area contributed by atoms with Crippen LogP contribution in [-0.2, 0) is 0 Å². The molecular formula is C34H28B2Br2O10S2. The van der Waals surface area contributed by atoms with Crippen molar-refractivity contribution < 1.29 is 49.3 Å². The van der Waals surface area contributed by atoms with Crippen LogP contribution in [0.3, 0.4) is 0 Å². The van der Waals surface area contributed by atoms with Gasteiger partial charge in [0, 0.05) is 8.95 Å². The van der Waals surface area contributed by atoms with Crippen LogP contribution in [0.25, 0.3) is 22.3 Å². The summed E-state index contributed by atoms with van der Waals surface area (Å²) in [5.74, 6) is 3.22. The van der Waals surface area contributed by atoms with Crippen LogP contribution in [0.4, 0.5) is 0 Å². The van der Waals surface area contributed by atoms with E-state index in [0.717, 1.165) is 42.7 Å². The molecule has 6 aromatic rings. The number of fused-ring (bicyclic) bond motifs is 2. The lowest BCUT2D eigenvalue weighted by atomic mass is 9.80. The molecule has 0 aliphatic carbocycles. The van der Waals surface area contributed by atoms with E-state index in [0.29, 0.717) is 22.4 Å². The van der Waals surface area contributed by atoms with E-state index in [-0.39, 0.29) is 25.1 Å². The Bertz CT molecular complexity index is 1940. The number of phenols is 2. The monoisotopic (exact) mass is 840 g/mol. The summed E-state index contributed by atoms with van der Waals surface area (Å²) >= 11 is 9.53. The number of hydrogen-bond acceptors (Lipinski definition) is 12. The minimum absolute atomic E-state index is 0.195. The number of aromatic hydroxyl groups is 2. The molecule has 6 N–H and O–H groups in total. The number of phenolic OH excluding ortho intramolecular Hbond substituents is 2. The molecule has 10 nitrogen and oxygen atoms in total. The van der Waals surface area contributed by atoms with E-state index in [2.05, 4.69) is 43.3 Å². The highest BCUT2D eigenvalue weighted by atomic mass is 79.9. The Balaban J connectivity index is 0.000000142. The van der Waals surface area contributed by atoms with Gasteiger partial charge in [-0.3, -0.25) is 0 Å². The number of benzene rings is 4. The second kappa shape index (κ2) is 17.8. The van der Waals surface area contributed by atoms with Gasteiger partial charge in [-0.15, -0.1) is 0 Å². The van der Waals surface area contributed by atoms with Gasteiger partial charge < -0.3 is 49.3 Å². The maximum absolute atomic E-state index is 9.99. The van der Waals surface area contributed by atoms with Gasteiger partial charge in [-0.05, 0) is 121 Å². The SMILES string of the molecule is OB(O)c1ccc2c(c1)OCO2.OB(O)c1ccsc1.Oc1cc(-c2ccsc2)cc(-c2ccc3c(c2)OCO3)c1.Oc1cc(Br)cc(Br)c1. The summed E-state index contributed by atoms with van der Waals surface area (Å²) in [4.78, 5) is 0. The number of thiophene rings is 2. The molecule has 16 heteroatoms. The number of ether oxygens (including phenoxy) is 4. The molecule has 0 spiro atoms. The molecule has 8 rings (SSSR count). The molecule has 2 aliphatic heterocycles. The van der Waals surface area contributed by atoms with Crippen LogP contribution in [-0.4, -0.2) is 58.1 Å². The third-order valence-corrected chi connectivity index (χ3v) is 9.16. The minimum atomic E-state index is -1.46. The summed E-state index contributed by atoms with van der Waals surface area (Å²) in [6.45, 7) is 0.458. The van der Waals surface area contributed by atoms with E-state index in [9.17, 15) is 5.11 Å². The zero-order valence-electron chi connectivity index (χ0n) is 25.8. The Kier molecular flexibility index (Phi) is 13.3. The Morgan fingerprint density at radius 1 is 0.480 bits per heavy atom. The van der Waals surface area contributed by atoms with Gasteiger partial charge in [0.25, 0.3) is 0 Å². The number of rotatable bonds is 4. The van der Waals surface area contributed by atoms with E-state index in [1.807, 2.05) is 35.7 Å². The second-order valence-corrected chi connectivity index (χ2v) is 13.8. The lowest BCUT2D eigenvalue weighted by Crippen LogP contribution is -2.29. The largest absolute Gasteiger partial charge is 0.508 e. The third-order valence-electron chi connectivity index (χ3n) is 6.86. The van der Waals surface area contributed by atoms with Crippen molar-refractivity contribution in [2.75, 3.05) is 13.6 Å². The predicted octanol–water partition coefficient (Wildman–Crippen LogP) is 5.96. The van der Waals surface area contributed by atoms with Crippen molar-refractivity contribution >= 4 is 79.7 Å². The van der Waals surface area contributed by atoms with E-state index >= 15 is 0 Å². The van der Waals surface area contributed by atoms with Gasteiger partial charge in [0.1, 0.15) is 11.5 Å². The van der Waals surface area contributed by atoms with Crippen LogP contribution < -0.4 is 29.9 Å². The zero-order valence-corrected chi connectivity index (χ0v) is 30.7. The van der Waals surface area contributed by atoms with Crippen molar-refractivity contribution in [3.05, 3.63) is 115 Å². The minimum Gasteiger partial charge on any atom is -0.508 e. The molecule has 50 heavy (non-hydrogen) atoms. The van der Waals surface area contributed by atoms with E-state index in [1.165, 1.54) is 11.3 Å². The van der Waals surface area contributed by atoms with Crippen LogP contribution in [0.15, 0.2) is 115 Å². The fourth-order valence-electron chi connectivity index (χ4n) is 4.48. The lowest BCUT2D eigenvalue weighted by molar-refractivity contribution is 0.173. The molecule has 0 bridgehead atoms. The first kappa shape index (κ1) is 37.3. The molecule has 2 aromatic heterocycles. The fourth-order valence-corrected chi connectivity index (χ4v) is 7.09. The van der Waals surface area contributed by atoms with Crippen molar-refractivity contribution in [3.63, 3.8) is 0 Å².